The lowest BCUT2D eigenvalue weighted by Crippen LogP contribution is -2.06. The standard InChI is InChI=1S/C11H12O4/c1-3-7-4-8(10(12)13)6-9(5-7)11(14)15-2/h4-6H,3H2,1-2H3,(H,12,13). The highest BCUT2D eigenvalue weighted by Crippen LogP contribution is 2.12. The number of hydrogen-bond acceptors (Lipinski definition) is 3. The molecule has 80 valence electrons. The summed E-state index contributed by atoms with van der Waals surface area (Å²) in [4.78, 5) is 22.0. The Bertz CT molecular complexity index is 396. The highest BCUT2D eigenvalue weighted by Gasteiger charge is 2.11. The van der Waals surface area contributed by atoms with Gasteiger partial charge < -0.3 is 9.84 Å². The fourth-order valence-corrected chi connectivity index (χ4v) is 1.26. The molecule has 0 aliphatic heterocycles. The van der Waals surface area contributed by atoms with Gasteiger partial charge in [0.1, 0.15) is 0 Å². The maximum atomic E-state index is 11.2. The van der Waals surface area contributed by atoms with Crippen LogP contribution in [0.4, 0.5) is 0 Å². The molecule has 0 unspecified atom stereocenters. The van der Waals surface area contributed by atoms with E-state index in [1.807, 2.05) is 6.92 Å². The van der Waals surface area contributed by atoms with E-state index >= 15 is 0 Å². The zero-order chi connectivity index (χ0) is 11.4. The van der Waals surface area contributed by atoms with Gasteiger partial charge in [-0.25, -0.2) is 9.59 Å². The quantitative estimate of drug-likeness (QED) is 0.768. The molecule has 1 rings (SSSR count). The van der Waals surface area contributed by atoms with Gasteiger partial charge in [-0.2, -0.15) is 0 Å². The Labute approximate surface area is 87.5 Å². The van der Waals surface area contributed by atoms with Crippen molar-refractivity contribution in [2.45, 2.75) is 13.3 Å². The molecule has 0 heterocycles. The van der Waals surface area contributed by atoms with E-state index in [4.69, 9.17) is 5.11 Å². The summed E-state index contributed by atoms with van der Waals surface area (Å²) >= 11 is 0. The number of methoxy groups -OCH3 is 1. The first-order chi connectivity index (χ1) is 7.08. The third kappa shape index (κ3) is 2.56. The molecule has 0 saturated heterocycles. The molecule has 0 fully saturated rings. The lowest BCUT2D eigenvalue weighted by Gasteiger charge is -2.04. The minimum atomic E-state index is -1.05. The van der Waals surface area contributed by atoms with Gasteiger partial charge in [0.05, 0.1) is 18.2 Å². The molecule has 1 N–H and O–H groups in total. The normalized spacial score (nSPS) is 9.73. The number of carboxylic acids is 1. The summed E-state index contributed by atoms with van der Waals surface area (Å²) in [6, 6.07) is 4.50. The number of carbonyl (C=O) groups excluding carboxylic acids is 1. The zero-order valence-electron chi connectivity index (χ0n) is 8.61. The smallest absolute Gasteiger partial charge is 0.337 e. The number of ether oxygens (including phenoxy) is 1. The van der Waals surface area contributed by atoms with E-state index in [0.717, 1.165) is 5.56 Å². The van der Waals surface area contributed by atoms with Crippen LogP contribution in [0.1, 0.15) is 33.2 Å². The van der Waals surface area contributed by atoms with Gasteiger partial charge >= 0.3 is 11.9 Å². The molecule has 4 nitrogen and oxygen atoms in total. The summed E-state index contributed by atoms with van der Waals surface area (Å²) in [5, 5.41) is 8.83. The minimum absolute atomic E-state index is 0.106. The second-order valence-corrected chi connectivity index (χ2v) is 3.07. The molecular formula is C11H12O4. The summed E-state index contributed by atoms with van der Waals surface area (Å²) in [5.74, 6) is -1.57. The summed E-state index contributed by atoms with van der Waals surface area (Å²) in [5.41, 5.74) is 1.18. The van der Waals surface area contributed by atoms with Gasteiger partial charge in [0.2, 0.25) is 0 Å². The Balaban J connectivity index is 3.23. The molecule has 0 amide bonds. The highest BCUT2D eigenvalue weighted by molar-refractivity contribution is 5.94. The largest absolute Gasteiger partial charge is 0.478 e. The van der Waals surface area contributed by atoms with Crippen molar-refractivity contribution in [3.8, 4) is 0 Å². The van der Waals surface area contributed by atoms with Crippen LogP contribution in [0.3, 0.4) is 0 Å². The third-order valence-electron chi connectivity index (χ3n) is 2.07. The summed E-state index contributed by atoms with van der Waals surface area (Å²) in [6.07, 6.45) is 0.672. The van der Waals surface area contributed by atoms with E-state index < -0.39 is 11.9 Å². The lowest BCUT2D eigenvalue weighted by atomic mass is 10.0. The maximum absolute atomic E-state index is 11.2. The van der Waals surface area contributed by atoms with Crippen LogP contribution < -0.4 is 0 Å². The Kier molecular flexibility index (Phi) is 3.44. The molecule has 4 heteroatoms. The first-order valence-electron chi connectivity index (χ1n) is 4.54. The molecule has 0 radical (unpaired) electrons. The van der Waals surface area contributed by atoms with Crippen molar-refractivity contribution in [2.24, 2.45) is 0 Å². The zero-order valence-corrected chi connectivity index (χ0v) is 8.61. The Morgan fingerprint density at radius 2 is 1.87 bits per heavy atom. The van der Waals surface area contributed by atoms with Crippen LogP contribution in [0.5, 0.6) is 0 Å². The molecule has 0 bridgehead atoms. The van der Waals surface area contributed by atoms with Crippen molar-refractivity contribution in [1.82, 2.24) is 0 Å². The number of carbonyl (C=O) groups is 2. The number of esters is 1. The van der Waals surface area contributed by atoms with Gasteiger partial charge in [-0.1, -0.05) is 6.92 Å². The Morgan fingerprint density at radius 1 is 1.27 bits per heavy atom. The van der Waals surface area contributed by atoms with E-state index in [0.29, 0.717) is 6.42 Å². The van der Waals surface area contributed by atoms with Crippen molar-refractivity contribution in [3.05, 3.63) is 34.9 Å². The molecule has 0 atom stereocenters. The van der Waals surface area contributed by atoms with Crippen LogP contribution >= 0.6 is 0 Å². The molecule has 1 aromatic carbocycles. The molecule has 0 aliphatic rings. The van der Waals surface area contributed by atoms with Crippen LogP contribution in [0, 0.1) is 0 Å². The summed E-state index contributed by atoms with van der Waals surface area (Å²) in [7, 11) is 1.27. The second kappa shape index (κ2) is 4.59. The molecule has 0 aliphatic carbocycles. The Hall–Kier alpha value is -1.84. The number of benzene rings is 1. The number of rotatable bonds is 3. The van der Waals surface area contributed by atoms with Gasteiger partial charge in [0.25, 0.3) is 0 Å². The Morgan fingerprint density at radius 3 is 2.33 bits per heavy atom. The number of aromatic carboxylic acids is 1. The van der Waals surface area contributed by atoms with E-state index in [-0.39, 0.29) is 11.1 Å². The van der Waals surface area contributed by atoms with Gasteiger partial charge in [-0.05, 0) is 30.2 Å². The first kappa shape index (κ1) is 11.2. The average molecular weight is 208 g/mol. The van der Waals surface area contributed by atoms with Gasteiger partial charge in [0, 0.05) is 0 Å². The first-order valence-corrected chi connectivity index (χ1v) is 4.54. The number of hydrogen-bond donors (Lipinski definition) is 1. The van der Waals surface area contributed by atoms with Crippen LogP contribution in [-0.2, 0) is 11.2 Å². The van der Waals surface area contributed by atoms with Crippen LogP contribution in [0.25, 0.3) is 0 Å². The SMILES string of the molecule is CCc1cc(C(=O)O)cc(C(=O)OC)c1. The number of carboxylic acid groups (broad SMARTS) is 1. The monoisotopic (exact) mass is 208 g/mol. The van der Waals surface area contributed by atoms with E-state index in [1.54, 1.807) is 12.1 Å². The van der Waals surface area contributed by atoms with Gasteiger partial charge in [-0.3, -0.25) is 0 Å². The van der Waals surface area contributed by atoms with Crippen LogP contribution in [0.15, 0.2) is 18.2 Å². The minimum Gasteiger partial charge on any atom is -0.478 e. The molecule has 1 aromatic rings. The van der Waals surface area contributed by atoms with Crippen molar-refractivity contribution >= 4 is 11.9 Å². The average Bonchev–Trinajstić information content (AvgIpc) is 2.27. The molecule has 0 aromatic heterocycles. The predicted octanol–water partition coefficient (Wildman–Crippen LogP) is 1.73. The van der Waals surface area contributed by atoms with Crippen LogP contribution in [-0.4, -0.2) is 24.2 Å². The fourth-order valence-electron chi connectivity index (χ4n) is 1.26. The van der Waals surface area contributed by atoms with E-state index in [2.05, 4.69) is 4.74 Å². The molecule has 0 saturated carbocycles. The number of aryl methyl sites for hydroxylation is 1. The maximum Gasteiger partial charge on any atom is 0.337 e. The van der Waals surface area contributed by atoms with Crippen molar-refractivity contribution in [3.63, 3.8) is 0 Å². The van der Waals surface area contributed by atoms with Crippen LogP contribution in [0.2, 0.25) is 0 Å². The van der Waals surface area contributed by atoms with Crippen molar-refractivity contribution in [2.75, 3.05) is 7.11 Å². The summed E-state index contributed by atoms with van der Waals surface area (Å²) in [6.45, 7) is 1.89. The molecular weight excluding hydrogens is 196 g/mol. The van der Waals surface area contributed by atoms with Gasteiger partial charge in [-0.15, -0.1) is 0 Å². The third-order valence-corrected chi connectivity index (χ3v) is 2.07. The second-order valence-electron chi connectivity index (χ2n) is 3.07. The predicted molar refractivity (Wildman–Crippen MR) is 54.1 cm³/mol. The summed E-state index contributed by atoms with van der Waals surface area (Å²) < 4.78 is 4.54. The van der Waals surface area contributed by atoms with Gasteiger partial charge in [0.15, 0.2) is 0 Å². The van der Waals surface area contributed by atoms with E-state index in [9.17, 15) is 9.59 Å². The van der Waals surface area contributed by atoms with E-state index in [1.165, 1.54) is 13.2 Å². The van der Waals surface area contributed by atoms with Crippen molar-refractivity contribution < 1.29 is 19.4 Å². The highest BCUT2D eigenvalue weighted by atomic mass is 16.5. The lowest BCUT2D eigenvalue weighted by molar-refractivity contribution is 0.0600. The fraction of sp³-hybridized carbons (Fsp3) is 0.273. The molecule has 15 heavy (non-hydrogen) atoms. The molecule has 0 spiro atoms. The van der Waals surface area contributed by atoms with Crippen molar-refractivity contribution in [1.29, 1.82) is 0 Å². The topological polar surface area (TPSA) is 63.6 Å².